The highest BCUT2D eigenvalue weighted by Crippen LogP contribution is 2.55. The molecule has 1 aliphatic rings. The Morgan fingerprint density at radius 1 is 1.18 bits per heavy atom. The Morgan fingerprint density at radius 3 is 2.54 bits per heavy atom. The van der Waals surface area contributed by atoms with E-state index in [1.807, 2.05) is 20.8 Å². The Bertz CT molecular complexity index is 1440. The summed E-state index contributed by atoms with van der Waals surface area (Å²) in [6.07, 6.45) is 2.71. The number of ether oxygens (including phenoxy) is 2. The van der Waals surface area contributed by atoms with E-state index in [2.05, 4.69) is 28.5 Å². The molecule has 2 aromatic heterocycles. The van der Waals surface area contributed by atoms with Crippen LogP contribution in [0.3, 0.4) is 0 Å². The van der Waals surface area contributed by atoms with E-state index in [0.717, 1.165) is 6.42 Å². The van der Waals surface area contributed by atoms with Crippen LogP contribution in [0.25, 0.3) is 11.3 Å². The molecule has 8 nitrogen and oxygen atoms in total. The summed E-state index contributed by atoms with van der Waals surface area (Å²) in [6, 6.07) is 11.6. The fourth-order valence-corrected chi connectivity index (χ4v) is 5.31. The van der Waals surface area contributed by atoms with Crippen LogP contribution in [0.2, 0.25) is 0 Å². The van der Waals surface area contributed by atoms with Crippen molar-refractivity contribution < 1.29 is 27.1 Å². The Morgan fingerprint density at radius 2 is 1.92 bits per heavy atom. The summed E-state index contributed by atoms with van der Waals surface area (Å²) < 4.78 is 54.1. The summed E-state index contributed by atoms with van der Waals surface area (Å²) in [6.45, 7) is 10.7. The zero-order valence-corrected chi connectivity index (χ0v) is 23.6. The number of sulfonamides is 1. The van der Waals surface area contributed by atoms with Gasteiger partial charge in [-0.15, -0.1) is 0 Å². The molecule has 0 saturated heterocycles. The van der Waals surface area contributed by atoms with Crippen LogP contribution in [-0.4, -0.2) is 37.0 Å². The SMILES string of the molecule is CCC(Oc1nc(-c2cc(F)cc(OCC(C)C)c2)ccc1C(=O)NS(=O)(=O)c1ccccn1)C1CC1(C)C. The van der Waals surface area contributed by atoms with Gasteiger partial charge in [-0.3, -0.25) is 4.79 Å². The van der Waals surface area contributed by atoms with Crippen LogP contribution >= 0.6 is 0 Å². The first-order valence-electron chi connectivity index (χ1n) is 13.0. The highest BCUT2D eigenvalue weighted by atomic mass is 32.2. The van der Waals surface area contributed by atoms with Gasteiger partial charge in [0.05, 0.1) is 12.3 Å². The van der Waals surface area contributed by atoms with Gasteiger partial charge in [0.25, 0.3) is 15.9 Å². The number of hydrogen-bond acceptors (Lipinski definition) is 7. The third-order valence-corrected chi connectivity index (χ3v) is 7.95. The zero-order chi connectivity index (χ0) is 28.4. The molecule has 1 aliphatic carbocycles. The van der Waals surface area contributed by atoms with Gasteiger partial charge in [0.2, 0.25) is 5.88 Å². The molecular formula is C29H34FN3O5S. The first kappa shape index (κ1) is 28.5. The van der Waals surface area contributed by atoms with Gasteiger partial charge in [-0.2, -0.15) is 8.42 Å². The quantitative estimate of drug-likeness (QED) is 0.326. The van der Waals surface area contributed by atoms with Crippen LogP contribution in [0, 0.1) is 23.1 Å². The molecule has 1 amide bonds. The fourth-order valence-electron chi connectivity index (χ4n) is 4.39. The Labute approximate surface area is 229 Å². The van der Waals surface area contributed by atoms with Crippen LogP contribution in [0.1, 0.15) is 57.8 Å². The maximum Gasteiger partial charge on any atom is 0.281 e. The normalized spacial score (nSPS) is 16.9. The number of halogens is 1. The summed E-state index contributed by atoms with van der Waals surface area (Å²) in [7, 11) is -4.23. The molecule has 0 spiro atoms. The number of carbonyl (C=O) groups excluding carboxylic acids is 1. The lowest BCUT2D eigenvalue weighted by Gasteiger charge is -2.21. The highest BCUT2D eigenvalue weighted by molar-refractivity contribution is 7.90. The maximum atomic E-state index is 14.5. The van der Waals surface area contributed by atoms with E-state index in [1.165, 1.54) is 42.6 Å². The molecule has 3 aromatic rings. The number of rotatable bonds is 11. The van der Waals surface area contributed by atoms with Crippen molar-refractivity contribution in [3.8, 4) is 22.9 Å². The summed E-state index contributed by atoms with van der Waals surface area (Å²) >= 11 is 0. The van der Waals surface area contributed by atoms with E-state index >= 15 is 0 Å². The van der Waals surface area contributed by atoms with E-state index in [-0.39, 0.29) is 39.8 Å². The predicted molar refractivity (Wildman–Crippen MR) is 145 cm³/mol. The number of nitrogens with one attached hydrogen (secondary N) is 1. The summed E-state index contributed by atoms with van der Waals surface area (Å²) in [5.74, 6) is -0.550. The lowest BCUT2D eigenvalue weighted by Crippen LogP contribution is -2.32. The fraction of sp³-hybridized carbons (Fsp3) is 0.414. The zero-order valence-electron chi connectivity index (χ0n) is 22.8. The van der Waals surface area contributed by atoms with E-state index in [9.17, 15) is 17.6 Å². The molecule has 39 heavy (non-hydrogen) atoms. The molecular weight excluding hydrogens is 521 g/mol. The van der Waals surface area contributed by atoms with Crippen molar-refractivity contribution in [2.45, 2.75) is 58.6 Å². The van der Waals surface area contributed by atoms with E-state index in [4.69, 9.17) is 9.47 Å². The number of aromatic nitrogens is 2. The van der Waals surface area contributed by atoms with Gasteiger partial charge in [-0.1, -0.05) is 40.7 Å². The smallest absolute Gasteiger partial charge is 0.281 e. The minimum atomic E-state index is -4.23. The first-order valence-corrected chi connectivity index (χ1v) is 14.5. The molecule has 1 fully saturated rings. The third-order valence-electron chi connectivity index (χ3n) is 6.70. The van der Waals surface area contributed by atoms with Crippen molar-refractivity contribution in [1.82, 2.24) is 14.7 Å². The van der Waals surface area contributed by atoms with Crippen LogP contribution in [-0.2, 0) is 10.0 Å². The highest BCUT2D eigenvalue weighted by Gasteiger charge is 2.51. The second-order valence-electron chi connectivity index (χ2n) is 10.9. The van der Waals surface area contributed by atoms with Gasteiger partial charge < -0.3 is 9.47 Å². The number of carbonyl (C=O) groups is 1. The van der Waals surface area contributed by atoms with Gasteiger partial charge in [0, 0.05) is 23.7 Å². The van der Waals surface area contributed by atoms with Gasteiger partial charge in [0.15, 0.2) is 5.03 Å². The predicted octanol–water partition coefficient (Wildman–Crippen LogP) is 5.64. The molecule has 10 heteroatoms. The molecule has 4 rings (SSSR count). The molecule has 1 aromatic carbocycles. The van der Waals surface area contributed by atoms with Crippen molar-refractivity contribution in [2.75, 3.05) is 6.61 Å². The molecule has 2 unspecified atom stereocenters. The molecule has 2 heterocycles. The minimum absolute atomic E-state index is 0.0234. The molecule has 0 radical (unpaired) electrons. The standard InChI is InChI=1S/C29H34FN3O5S/c1-6-25(23-16-29(23,4)5)38-28-22(27(34)33-39(35,36)26-9-7-8-12-31-26)10-11-24(32-28)19-13-20(30)15-21(14-19)37-17-18(2)3/h7-15,18,23,25H,6,16-17H2,1-5H3,(H,33,34). The van der Waals surface area contributed by atoms with Crippen molar-refractivity contribution >= 4 is 15.9 Å². The molecule has 1 saturated carbocycles. The van der Waals surface area contributed by atoms with Crippen LogP contribution in [0.4, 0.5) is 4.39 Å². The summed E-state index contributed by atoms with van der Waals surface area (Å²) in [5.41, 5.74) is 0.830. The molecule has 0 aliphatic heterocycles. The Kier molecular flexibility index (Phi) is 8.25. The van der Waals surface area contributed by atoms with Gasteiger partial charge in [0.1, 0.15) is 23.2 Å². The van der Waals surface area contributed by atoms with E-state index in [1.54, 1.807) is 12.1 Å². The van der Waals surface area contributed by atoms with Crippen molar-refractivity contribution in [1.29, 1.82) is 0 Å². The number of benzene rings is 1. The largest absolute Gasteiger partial charge is 0.493 e. The molecule has 1 N–H and O–H groups in total. The lowest BCUT2D eigenvalue weighted by molar-refractivity contribution is 0.0966. The average molecular weight is 556 g/mol. The summed E-state index contributed by atoms with van der Waals surface area (Å²) in [4.78, 5) is 21.6. The Balaban J connectivity index is 1.70. The second kappa shape index (κ2) is 11.3. The van der Waals surface area contributed by atoms with Crippen LogP contribution < -0.4 is 14.2 Å². The Hall–Kier alpha value is -3.53. The molecule has 208 valence electrons. The number of pyridine rings is 2. The average Bonchev–Trinajstić information content (AvgIpc) is 3.53. The number of amides is 1. The molecule has 2 atom stereocenters. The van der Waals surface area contributed by atoms with Gasteiger partial charge in [-0.25, -0.2) is 19.1 Å². The third kappa shape index (κ3) is 6.92. The number of hydrogen-bond donors (Lipinski definition) is 1. The summed E-state index contributed by atoms with van der Waals surface area (Å²) in [5, 5.41) is -0.287. The van der Waals surface area contributed by atoms with Crippen LogP contribution in [0.5, 0.6) is 11.6 Å². The first-order chi connectivity index (χ1) is 18.4. The second-order valence-corrected chi connectivity index (χ2v) is 12.5. The van der Waals surface area contributed by atoms with Crippen LogP contribution in [0.15, 0.2) is 59.8 Å². The van der Waals surface area contributed by atoms with Gasteiger partial charge >= 0.3 is 0 Å². The van der Waals surface area contributed by atoms with Crippen molar-refractivity contribution in [2.24, 2.45) is 17.3 Å². The topological polar surface area (TPSA) is 107 Å². The lowest BCUT2D eigenvalue weighted by atomic mass is 10.0. The minimum Gasteiger partial charge on any atom is -0.493 e. The number of nitrogens with zero attached hydrogens (tertiary/aromatic N) is 2. The van der Waals surface area contributed by atoms with E-state index < -0.39 is 21.7 Å². The van der Waals surface area contributed by atoms with Crippen molar-refractivity contribution in [3.63, 3.8) is 0 Å². The molecule has 0 bridgehead atoms. The van der Waals surface area contributed by atoms with E-state index in [0.29, 0.717) is 30.0 Å². The monoisotopic (exact) mass is 555 g/mol. The maximum absolute atomic E-state index is 14.5. The van der Waals surface area contributed by atoms with Gasteiger partial charge in [-0.05, 0) is 60.6 Å². The van der Waals surface area contributed by atoms with Crippen molar-refractivity contribution in [3.05, 3.63) is 66.1 Å².